The summed E-state index contributed by atoms with van der Waals surface area (Å²) in [6, 6.07) is 14.7. The van der Waals surface area contributed by atoms with Crippen molar-refractivity contribution in [2.45, 2.75) is 26.2 Å². The smallest absolute Gasteiger partial charge is 0.407 e. The molecular weight excluding hydrogens is 354 g/mol. The first kappa shape index (κ1) is 19.9. The summed E-state index contributed by atoms with van der Waals surface area (Å²) in [6.45, 7) is 3.17. The molecule has 140 valence electrons. The normalized spacial score (nSPS) is 10.2. The average molecular weight is 378 g/mol. The Hall–Kier alpha value is -2.40. The van der Waals surface area contributed by atoms with Crippen LogP contribution < -0.4 is 14.8 Å². The summed E-state index contributed by atoms with van der Waals surface area (Å²) in [7, 11) is 0. The van der Waals surface area contributed by atoms with E-state index in [-0.39, 0.29) is 0 Å². The van der Waals surface area contributed by atoms with Gasteiger partial charge in [0.2, 0.25) is 0 Å². The van der Waals surface area contributed by atoms with Crippen LogP contribution in [-0.4, -0.2) is 25.9 Å². The molecule has 2 aromatic carbocycles. The quantitative estimate of drug-likeness (QED) is 0.561. The molecule has 0 aromatic heterocycles. The highest BCUT2D eigenvalue weighted by Crippen LogP contribution is 2.31. The molecule has 26 heavy (non-hydrogen) atoms. The van der Waals surface area contributed by atoms with Crippen LogP contribution in [0.25, 0.3) is 0 Å². The van der Waals surface area contributed by atoms with Crippen LogP contribution in [0.2, 0.25) is 5.02 Å². The van der Waals surface area contributed by atoms with Gasteiger partial charge in [0.15, 0.2) is 0 Å². The summed E-state index contributed by atoms with van der Waals surface area (Å²) in [6.07, 6.45) is 2.60. The van der Waals surface area contributed by atoms with Gasteiger partial charge in [-0.3, -0.25) is 0 Å². The van der Waals surface area contributed by atoms with Gasteiger partial charge in [-0.15, -0.1) is 0 Å². The molecule has 0 aliphatic heterocycles. The second kappa shape index (κ2) is 11.3. The van der Waals surface area contributed by atoms with Crippen molar-refractivity contribution in [2.75, 3.05) is 19.8 Å². The predicted molar refractivity (Wildman–Crippen MR) is 102 cm³/mol. The molecular formula is C20H24ClNO4. The first-order valence-electron chi connectivity index (χ1n) is 8.75. The summed E-state index contributed by atoms with van der Waals surface area (Å²) < 4.78 is 16.3. The van der Waals surface area contributed by atoms with E-state index in [9.17, 15) is 4.79 Å². The van der Waals surface area contributed by atoms with Gasteiger partial charge in [0.05, 0.1) is 18.2 Å². The number of halogens is 1. The maximum Gasteiger partial charge on any atom is 0.407 e. The third-order valence-corrected chi connectivity index (χ3v) is 3.79. The van der Waals surface area contributed by atoms with Crippen molar-refractivity contribution in [2.24, 2.45) is 0 Å². The first-order chi connectivity index (χ1) is 12.7. The van der Waals surface area contributed by atoms with Crippen LogP contribution in [0.1, 0.15) is 26.2 Å². The Labute approximate surface area is 159 Å². The highest BCUT2D eigenvalue weighted by molar-refractivity contribution is 6.32. The Balaban J connectivity index is 1.70. The number of amides is 1. The number of carbonyl (C=O) groups excluding carboxylic acids is 1. The molecule has 2 aromatic rings. The maximum absolute atomic E-state index is 11.5. The van der Waals surface area contributed by atoms with E-state index in [0.29, 0.717) is 36.3 Å². The lowest BCUT2D eigenvalue weighted by Crippen LogP contribution is -2.29. The zero-order valence-corrected chi connectivity index (χ0v) is 15.6. The van der Waals surface area contributed by atoms with Crippen molar-refractivity contribution in [3.8, 4) is 17.2 Å². The van der Waals surface area contributed by atoms with Gasteiger partial charge < -0.3 is 19.5 Å². The summed E-state index contributed by atoms with van der Waals surface area (Å²) >= 11 is 6.22. The zero-order chi connectivity index (χ0) is 18.6. The Morgan fingerprint density at radius 1 is 1.04 bits per heavy atom. The SMILES string of the molecule is CCCCCOC(=O)NCCOc1ccc(Oc2ccccc2)cc1Cl. The Kier molecular flexibility index (Phi) is 8.63. The Morgan fingerprint density at radius 2 is 1.85 bits per heavy atom. The fourth-order valence-corrected chi connectivity index (χ4v) is 2.39. The van der Waals surface area contributed by atoms with Gasteiger partial charge in [-0.2, -0.15) is 0 Å². The summed E-state index contributed by atoms with van der Waals surface area (Å²) in [4.78, 5) is 11.5. The predicted octanol–water partition coefficient (Wildman–Crippen LogP) is 5.43. The van der Waals surface area contributed by atoms with Crippen LogP contribution in [-0.2, 0) is 4.74 Å². The number of benzene rings is 2. The van der Waals surface area contributed by atoms with E-state index >= 15 is 0 Å². The topological polar surface area (TPSA) is 56.8 Å². The third kappa shape index (κ3) is 7.23. The number of ether oxygens (including phenoxy) is 3. The van der Waals surface area contributed by atoms with E-state index in [1.807, 2.05) is 30.3 Å². The van der Waals surface area contributed by atoms with Gasteiger partial charge in [-0.25, -0.2) is 4.79 Å². The number of carbonyl (C=O) groups is 1. The lowest BCUT2D eigenvalue weighted by atomic mass is 10.3. The second-order valence-corrected chi connectivity index (χ2v) is 6.03. The van der Waals surface area contributed by atoms with E-state index in [2.05, 4.69) is 12.2 Å². The molecule has 0 bridgehead atoms. The van der Waals surface area contributed by atoms with Gasteiger partial charge in [-0.05, 0) is 30.7 Å². The molecule has 0 aliphatic rings. The molecule has 0 unspecified atom stereocenters. The largest absolute Gasteiger partial charge is 0.490 e. The van der Waals surface area contributed by atoms with E-state index < -0.39 is 6.09 Å². The summed E-state index contributed by atoms with van der Waals surface area (Å²) in [5, 5.41) is 3.08. The molecule has 0 spiro atoms. The lowest BCUT2D eigenvalue weighted by molar-refractivity contribution is 0.142. The number of hydrogen-bond donors (Lipinski definition) is 1. The van der Waals surface area contributed by atoms with Crippen LogP contribution in [0.4, 0.5) is 4.79 Å². The van der Waals surface area contributed by atoms with E-state index in [1.165, 1.54) is 0 Å². The number of nitrogens with one attached hydrogen (secondary N) is 1. The van der Waals surface area contributed by atoms with E-state index in [0.717, 1.165) is 25.0 Å². The number of hydrogen-bond acceptors (Lipinski definition) is 4. The molecule has 0 heterocycles. The van der Waals surface area contributed by atoms with Gasteiger partial charge in [-0.1, -0.05) is 49.6 Å². The van der Waals surface area contributed by atoms with E-state index in [4.69, 9.17) is 25.8 Å². The average Bonchev–Trinajstić information content (AvgIpc) is 2.65. The van der Waals surface area contributed by atoms with Crippen molar-refractivity contribution < 1.29 is 19.0 Å². The number of rotatable bonds is 10. The number of para-hydroxylation sites is 1. The molecule has 0 radical (unpaired) electrons. The van der Waals surface area contributed by atoms with Gasteiger partial charge in [0, 0.05) is 6.07 Å². The highest BCUT2D eigenvalue weighted by Gasteiger charge is 2.06. The maximum atomic E-state index is 11.5. The monoisotopic (exact) mass is 377 g/mol. The van der Waals surface area contributed by atoms with Gasteiger partial charge in [0.25, 0.3) is 0 Å². The van der Waals surface area contributed by atoms with Gasteiger partial charge in [0.1, 0.15) is 23.9 Å². The fraction of sp³-hybridized carbons (Fsp3) is 0.350. The van der Waals surface area contributed by atoms with Crippen LogP contribution in [0, 0.1) is 0 Å². The second-order valence-electron chi connectivity index (χ2n) is 5.63. The van der Waals surface area contributed by atoms with Gasteiger partial charge >= 0.3 is 6.09 Å². The van der Waals surface area contributed by atoms with Crippen molar-refractivity contribution in [1.82, 2.24) is 5.32 Å². The highest BCUT2D eigenvalue weighted by atomic mass is 35.5. The molecule has 5 nitrogen and oxygen atoms in total. The van der Waals surface area contributed by atoms with E-state index in [1.54, 1.807) is 18.2 Å². The minimum absolute atomic E-state index is 0.294. The molecule has 0 aliphatic carbocycles. The van der Waals surface area contributed by atoms with Crippen LogP contribution in [0.5, 0.6) is 17.2 Å². The first-order valence-corrected chi connectivity index (χ1v) is 9.12. The van der Waals surface area contributed by atoms with Crippen molar-refractivity contribution in [3.63, 3.8) is 0 Å². The zero-order valence-electron chi connectivity index (χ0n) is 14.9. The lowest BCUT2D eigenvalue weighted by Gasteiger charge is -2.11. The minimum Gasteiger partial charge on any atom is -0.490 e. The molecule has 1 N–H and O–H groups in total. The van der Waals surface area contributed by atoms with Crippen LogP contribution in [0.3, 0.4) is 0 Å². The summed E-state index contributed by atoms with van der Waals surface area (Å²) in [5.74, 6) is 1.89. The molecule has 0 atom stereocenters. The van der Waals surface area contributed by atoms with Crippen molar-refractivity contribution in [3.05, 3.63) is 53.6 Å². The summed E-state index contributed by atoms with van der Waals surface area (Å²) in [5.41, 5.74) is 0. The molecule has 0 saturated heterocycles. The van der Waals surface area contributed by atoms with Crippen LogP contribution >= 0.6 is 11.6 Å². The Bertz CT molecular complexity index is 679. The third-order valence-electron chi connectivity index (χ3n) is 3.49. The van der Waals surface area contributed by atoms with Crippen molar-refractivity contribution in [1.29, 1.82) is 0 Å². The number of unbranched alkanes of at least 4 members (excludes halogenated alkanes) is 2. The van der Waals surface area contributed by atoms with Crippen molar-refractivity contribution >= 4 is 17.7 Å². The molecule has 0 fully saturated rings. The fourth-order valence-electron chi connectivity index (χ4n) is 2.17. The minimum atomic E-state index is -0.428. The van der Waals surface area contributed by atoms with Crippen LogP contribution in [0.15, 0.2) is 48.5 Å². The molecule has 0 saturated carbocycles. The molecule has 6 heteroatoms. The Morgan fingerprint density at radius 3 is 2.58 bits per heavy atom. The standard InChI is InChI=1S/C20H24ClNO4/c1-2-3-7-13-25-20(23)22-12-14-24-19-11-10-17(15-18(19)21)26-16-8-5-4-6-9-16/h4-6,8-11,15H,2-3,7,12-14H2,1H3,(H,22,23). The number of alkyl carbamates (subject to hydrolysis) is 1. The molecule has 2 rings (SSSR count). The molecule has 1 amide bonds.